The highest BCUT2D eigenvalue weighted by Gasteiger charge is 2.55. The second-order valence-electron chi connectivity index (χ2n) is 9.15. The van der Waals surface area contributed by atoms with Crippen LogP contribution in [0.5, 0.6) is 11.5 Å². The molecular formula is C30H39NO5. The summed E-state index contributed by atoms with van der Waals surface area (Å²) in [6, 6.07) is 17.3. The summed E-state index contributed by atoms with van der Waals surface area (Å²) < 4.78 is 24.6. The molecule has 6 nitrogen and oxygen atoms in total. The van der Waals surface area contributed by atoms with E-state index in [4.69, 9.17) is 18.9 Å². The molecule has 2 aromatic carbocycles. The maximum Gasteiger partial charge on any atom is 0.257 e. The number of nitrogens with zero attached hydrogens (tertiary/aromatic N) is 1. The molecule has 0 N–H and O–H groups in total. The van der Waals surface area contributed by atoms with E-state index in [9.17, 15) is 4.79 Å². The molecule has 3 rings (SSSR count). The van der Waals surface area contributed by atoms with Gasteiger partial charge in [0.1, 0.15) is 24.2 Å². The minimum absolute atomic E-state index is 0.0950. The maximum atomic E-state index is 13.8. The molecule has 194 valence electrons. The summed E-state index contributed by atoms with van der Waals surface area (Å²) in [6.07, 6.45) is 3.93. The number of likely N-dealkylation sites (N-methyl/N-ethyl adjacent to an activating group) is 1. The zero-order valence-corrected chi connectivity index (χ0v) is 21.9. The molecule has 0 aromatic heterocycles. The van der Waals surface area contributed by atoms with Crippen LogP contribution in [0.3, 0.4) is 0 Å². The van der Waals surface area contributed by atoms with E-state index in [-0.39, 0.29) is 24.2 Å². The fourth-order valence-electron chi connectivity index (χ4n) is 4.72. The fraction of sp³-hybridized carbons (Fsp3) is 0.433. The lowest BCUT2D eigenvalue weighted by Crippen LogP contribution is -2.65. The predicted molar refractivity (Wildman–Crippen MR) is 142 cm³/mol. The van der Waals surface area contributed by atoms with Crippen LogP contribution in [0.4, 0.5) is 0 Å². The second kappa shape index (κ2) is 12.7. The van der Waals surface area contributed by atoms with Crippen molar-refractivity contribution in [2.24, 2.45) is 0 Å². The van der Waals surface area contributed by atoms with E-state index in [1.165, 1.54) is 0 Å². The van der Waals surface area contributed by atoms with E-state index in [1.54, 1.807) is 24.2 Å². The number of benzene rings is 2. The van der Waals surface area contributed by atoms with Crippen molar-refractivity contribution >= 4 is 5.91 Å². The molecule has 1 fully saturated rings. The first-order valence-corrected chi connectivity index (χ1v) is 12.5. The number of amides is 1. The average Bonchev–Trinajstić information content (AvgIpc) is 2.91. The molecule has 36 heavy (non-hydrogen) atoms. The molecule has 0 unspecified atom stereocenters. The monoisotopic (exact) mass is 493 g/mol. The Morgan fingerprint density at radius 2 is 1.75 bits per heavy atom. The molecule has 0 saturated carbocycles. The van der Waals surface area contributed by atoms with Crippen LogP contribution < -0.4 is 9.47 Å². The van der Waals surface area contributed by atoms with Gasteiger partial charge >= 0.3 is 0 Å². The summed E-state index contributed by atoms with van der Waals surface area (Å²) in [4.78, 5) is 15.6. The highest BCUT2D eigenvalue weighted by atomic mass is 16.6. The summed E-state index contributed by atoms with van der Waals surface area (Å²) in [5.41, 5.74) is -0.171. The molecule has 6 heteroatoms. The van der Waals surface area contributed by atoms with Crippen molar-refractivity contribution in [2.75, 3.05) is 20.8 Å². The van der Waals surface area contributed by atoms with Crippen LogP contribution in [-0.4, -0.2) is 55.4 Å². The number of carbonyl (C=O) groups is 1. The number of ether oxygens (including phenoxy) is 4. The minimum atomic E-state index is -1.20. The average molecular weight is 494 g/mol. The first-order chi connectivity index (χ1) is 17.4. The number of hydrogen-bond donors (Lipinski definition) is 0. The van der Waals surface area contributed by atoms with E-state index < -0.39 is 11.7 Å². The summed E-state index contributed by atoms with van der Waals surface area (Å²) in [5, 5.41) is 0. The summed E-state index contributed by atoms with van der Waals surface area (Å²) in [5.74, 6) is 1.38. The van der Waals surface area contributed by atoms with Gasteiger partial charge in [-0.25, -0.2) is 0 Å². The smallest absolute Gasteiger partial charge is 0.257 e. The zero-order valence-electron chi connectivity index (χ0n) is 21.9. The van der Waals surface area contributed by atoms with E-state index in [2.05, 4.69) is 13.2 Å². The first-order valence-electron chi connectivity index (χ1n) is 12.5. The predicted octanol–water partition coefficient (Wildman–Crippen LogP) is 5.75. The number of hydrogen-bond acceptors (Lipinski definition) is 5. The zero-order chi connectivity index (χ0) is 26.1. The van der Waals surface area contributed by atoms with Crippen LogP contribution >= 0.6 is 0 Å². The van der Waals surface area contributed by atoms with Gasteiger partial charge in [-0.05, 0) is 49.6 Å². The molecule has 5 atom stereocenters. The Balaban J connectivity index is 1.86. The molecule has 1 saturated heterocycles. The molecule has 0 aliphatic carbocycles. The first kappa shape index (κ1) is 27.5. The highest BCUT2D eigenvalue weighted by molar-refractivity contribution is 5.87. The van der Waals surface area contributed by atoms with Crippen molar-refractivity contribution in [3.05, 3.63) is 85.5 Å². The van der Waals surface area contributed by atoms with Gasteiger partial charge in [-0.3, -0.25) is 4.79 Å². The molecule has 1 heterocycles. The van der Waals surface area contributed by atoms with Gasteiger partial charge in [-0.2, -0.15) is 0 Å². The third-order valence-electron chi connectivity index (χ3n) is 6.82. The lowest BCUT2D eigenvalue weighted by molar-refractivity contribution is -0.232. The Morgan fingerprint density at radius 3 is 2.33 bits per heavy atom. The Bertz CT molecular complexity index is 992. The van der Waals surface area contributed by atoms with Gasteiger partial charge in [0.15, 0.2) is 5.60 Å². The van der Waals surface area contributed by atoms with Gasteiger partial charge in [-0.1, -0.05) is 49.4 Å². The topological polar surface area (TPSA) is 57.2 Å². The van der Waals surface area contributed by atoms with Crippen LogP contribution in [0, 0.1) is 0 Å². The SMILES string of the molecule is C=CC[C@H](COc1ccc(OC)cc1)O[C@H](CC)[C@]1(CC=C)O[C@H](c2ccccc2)[C@H](C)N(C)C1=O. The molecule has 0 radical (unpaired) electrons. The van der Waals surface area contributed by atoms with Gasteiger partial charge in [0.25, 0.3) is 5.91 Å². The van der Waals surface area contributed by atoms with Gasteiger partial charge < -0.3 is 23.8 Å². The van der Waals surface area contributed by atoms with Gasteiger partial charge in [0, 0.05) is 13.5 Å². The van der Waals surface area contributed by atoms with Crippen molar-refractivity contribution < 1.29 is 23.7 Å². The Kier molecular flexibility index (Phi) is 9.73. The fourth-order valence-corrected chi connectivity index (χ4v) is 4.72. The minimum Gasteiger partial charge on any atom is -0.497 e. The number of carbonyl (C=O) groups excluding carboxylic acids is 1. The quantitative estimate of drug-likeness (QED) is 0.333. The van der Waals surface area contributed by atoms with E-state index in [1.807, 2.05) is 75.5 Å². The standard InChI is InChI=1S/C30H39NO5/c1-7-13-26(21-34-25-18-16-24(33-6)17-19-25)35-27(9-3)30(20-8-2)29(32)31(5)22(4)28(36-30)23-14-11-10-12-15-23/h7-8,10-12,14-19,22,26-28H,1-2,9,13,20-21H2,3-6H3/t22-,26+,27+,28-,30-/m0/s1. The number of methoxy groups -OCH3 is 1. The van der Waals surface area contributed by atoms with Crippen molar-refractivity contribution in [1.29, 1.82) is 0 Å². The number of morpholine rings is 1. The molecule has 0 spiro atoms. The lowest BCUT2D eigenvalue weighted by atomic mass is 9.84. The third-order valence-corrected chi connectivity index (χ3v) is 6.82. The Labute approximate surface area is 215 Å². The van der Waals surface area contributed by atoms with Crippen LogP contribution in [-0.2, 0) is 14.3 Å². The normalized spacial score (nSPS) is 23.6. The van der Waals surface area contributed by atoms with E-state index in [0.717, 1.165) is 11.3 Å². The summed E-state index contributed by atoms with van der Waals surface area (Å²) in [6.45, 7) is 12.2. The molecule has 0 bridgehead atoms. The number of rotatable bonds is 13. The molecule has 1 amide bonds. The van der Waals surface area contributed by atoms with E-state index in [0.29, 0.717) is 31.6 Å². The molecule has 1 aliphatic heterocycles. The summed E-state index contributed by atoms with van der Waals surface area (Å²) >= 11 is 0. The van der Waals surface area contributed by atoms with Crippen molar-refractivity contribution in [1.82, 2.24) is 4.90 Å². The van der Waals surface area contributed by atoms with Gasteiger partial charge in [0.2, 0.25) is 0 Å². The lowest BCUT2D eigenvalue weighted by Gasteiger charge is -2.50. The van der Waals surface area contributed by atoms with Crippen LogP contribution in [0.25, 0.3) is 0 Å². The van der Waals surface area contributed by atoms with Crippen molar-refractivity contribution in [3.8, 4) is 11.5 Å². The third kappa shape index (κ3) is 6.00. The molecule has 1 aliphatic rings. The second-order valence-corrected chi connectivity index (χ2v) is 9.15. The van der Waals surface area contributed by atoms with E-state index >= 15 is 0 Å². The van der Waals surface area contributed by atoms with Gasteiger partial charge in [0.05, 0.1) is 25.4 Å². The summed E-state index contributed by atoms with van der Waals surface area (Å²) in [7, 11) is 3.47. The Morgan fingerprint density at radius 1 is 1.08 bits per heavy atom. The van der Waals surface area contributed by atoms with Crippen LogP contribution in [0.2, 0.25) is 0 Å². The maximum absolute atomic E-state index is 13.8. The van der Waals surface area contributed by atoms with Crippen molar-refractivity contribution in [2.45, 2.75) is 63.1 Å². The molecular weight excluding hydrogens is 454 g/mol. The largest absolute Gasteiger partial charge is 0.497 e. The van der Waals surface area contributed by atoms with Crippen molar-refractivity contribution in [3.63, 3.8) is 0 Å². The van der Waals surface area contributed by atoms with Crippen LogP contribution in [0.1, 0.15) is 44.8 Å². The Hall–Kier alpha value is -3.09. The van der Waals surface area contributed by atoms with Gasteiger partial charge in [-0.15, -0.1) is 13.2 Å². The highest BCUT2D eigenvalue weighted by Crippen LogP contribution is 2.42. The van der Waals surface area contributed by atoms with Crippen LogP contribution in [0.15, 0.2) is 79.9 Å². The molecule has 2 aromatic rings.